The van der Waals surface area contributed by atoms with Gasteiger partial charge < -0.3 is 15.1 Å². The van der Waals surface area contributed by atoms with Crippen molar-refractivity contribution in [2.24, 2.45) is 0 Å². The Morgan fingerprint density at radius 3 is 2.50 bits per heavy atom. The van der Waals surface area contributed by atoms with E-state index in [9.17, 15) is 9.59 Å². The molecule has 0 radical (unpaired) electrons. The van der Waals surface area contributed by atoms with E-state index < -0.39 is 0 Å². The van der Waals surface area contributed by atoms with Gasteiger partial charge in [-0.2, -0.15) is 0 Å². The number of carbonyl (C=O) groups is 2. The minimum atomic E-state index is -0.0495. The third-order valence-electron chi connectivity index (χ3n) is 4.25. The number of thioether (sulfide) groups is 1. The van der Waals surface area contributed by atoms with E-state index in [-0.39, 0.29) is 11.9 Å². The van der Waals surface area contributed by atoms with E-state index in [0.29, 0.717) is 32.7 Å². The van der Waals surface area contributed by atoms with Crippen molar-refractivity contribution in [1.29, 1.82) is 0 Å². The van der Waals surface area contributed by atoms with Crippen LogP contribution in [-0.4, -0.2) is 54.5 Å². The summed E-state index contributed by atoms with van der Waals surface area (Å²) in [6, 6.07) is 11.9. The highest BCUT2D eigenvalue weighted by Gasteiger charge is 2.25. The first kappa shape index (κ1) is 18.8. The van der Waals surface area contributed by atoms with Crippen molar-refractivity contribution in [3.05, 3.63) is 52.2 Å². The quantitative estimate of drug-likeness (QED) is 0.796. The highest BCUT2D eigenvalue weighted by molar-refractivity contribution is 7.98. The van der Waals surface area contributed by atoms with Gasteiger partial charge in [-0.1, -0.05) is 18.2 Å². The first-order valence-corrected chi connectivity index (χ1v) is 10.6. The highest BCUT2D eigenvalue weighted by atomic mass is 32.2. The first-order chi connectivity index (χ1) is 12.7. The monoisotopic (exact) mass is 389 g/mol. The highest BCUT2D eigenvalue weighted by Crippen LogP contribution is 2.28. The fourth-order valence-electron chi connectivity index (χ4n) is 2.86. The van der Waals surface area contributed by atoms with E-state index in [2.05, 4.69) is 16.8 Å². The molecular formula is C19H23N3O2S2. The van der Waals surface area contributed by atoms with Gasteiger partial charge in [0.05, 0.1) is 5.56 Å². The number of piperazine rings is 1. The van der Waals surface area contributed by atoms with Gasteiger partial charge in [0.2, 0.25) is 0 Å². The molecule has 1 fully saturated rings. The smallest absolute Gasteiger partial charge is 0.317 e. The van der Waals surface area contributed by atoms with Crippen molar-refractivity contribution in [2.75, 3.05) is 32.7 Å². The zero-order valence-electron chi connectivity index (χ0n) is 14.8. The summed E-state index contributed by atoms with van der Waals surface area (Å²) in [5, 5.41) is 4.88. The molecule has 1 aliphatic heterocycles. The van der Waals surface area contributed by atoms with E-state index in [1.807, 2.05) is 42.2 Å². The summed E-state index contributed by atoms with van der Waals surface area (Å²) < 4.78 is 0. The number of amides is 3. The Morgan fingerprint density at radius 2 is 1.81 bits per heavy atom. The van der Waals surface area contributed by atoms with Crippen LogP contribution in [0.4, 0.5) is 4.79 Å². The van der Waals surface area contributed by atoms with Gasteiger partial charge >= 0.3 is 6.03 Å². The van der Waals surface area contributed by atoms with Gasteiger partial charge in [-0.25, -0.2) is 4.79 Å². The van der Waals surface area contributed by atoms with Gasteiger partial charge in [0, 0.05) is 48.2 Å². The van der Waals surface area contributed by atoms with Gasteiger partial charge in [-0.15, -0.1) is 23.1 Å². The molecule has 7 heteroatoms. The molecule has 1 N–H and O–H groups in total. The lowest BCUT2D eigenvalue weighted by atomic mass is 10.2. The fraction of sp³-hybridized carbons (Fsp3) is 0.368. The Kier molecular flexibility index (Phi) is 6.57. The second-order valence-electron chi connectivity index (χ2n) is 5.98. The molecule has 0 atom stereocenters. The maximum Gasteiger partial charge on any atom is 0.317 e. The minimum absolute atomic E-state index is 0.0495. The van der Waals surface area contributed by atoms with E-state index in [1.165, 1.54) is 4.88 Å². The molecular weight excluding hydrogens is 366 g/mol. The first-order valence-electron chi connectivity index (χ1n) is 8.75. The number of thiophene rings is 1. The molecule has 1 aliphatic rings. The van der Waals surface area contributed by atoms with Gasteiger partial charge in [0.1, 0.15) is 0 Å². The molecule has 0 saturated carbocycles. The molecule has 0 bridgehead atoms. The predicted molar refractivity (Wildman–Crippen MR) is 107 cm³/mol. The van der Waals surface area contributed by atoms with Crippen LogP contribution in [0.25, 0.3) is 0 Å². The largest absolute Gasteiger partial charge is 0.338 e. The standard InChI is InChI=1S/C19H23N3O2S2/c1-2-20-19(24)22-11-9-21(10-12-22)18(23)16-7-3-4-8-17(16)26-14-15-6-5-13-25-15/h3-8,13H,2,9-12,14H2,1H3,(H,20,24). The summed E-state index contributed by atoms with van der Waals surface area (Å²) in [6.45, 7) is 4.80. The number of hydrogen-bond donors (Lipinski definition) is 1. The summed E-state index contributed by atoms with van der Waals surface area (Å²) in [6.07, 6.45) is 0. The van der Waals surface area contributed by atoms with Gasteiger partial charge in [-0.05, 0) is 30.5 Å². The maximum atomic E-state index is 13.0. The summed E-state index contributed by atoms with van der Waals surface area (Å²) in [5.74, 6) is 0.919. The van der Waals surface area contributed by atoms with Crippen LogP contribution in [0.2, 0.25) is 0 Å². The molecule has 1 aromatic heterocycles. The van der Waals surface area contributed by atoms with Gasteiger partial charge in [0.25, 0.3) is 5.91 Å². The van der Waals surface area contributed by atoms with Gasteiger partial charge in [-0.3, -0.25) is 4.79 Å². The number of urea groups is 1. The molecule has 3 amide bonds. The molecule has 5 nitrogen and oxygen atoms in total. The Hall–Kier alpha value is -1.99. The third-order valence-corrected chi connectivity index (χ3v) is 6.43. The van der Waals surface area contributed by atoms with Gasteiger partial charge in [0.15, 0.2) is 0 Å². The van der Waals surface area contributed by atoms with Crippen molar-refractivity contribution >= 4 is 35.0 Å². The Morgan fingerprint density at radius 1 is 1.08 bits per heavy atom. The molecule has 0 spiro atoms. The lowest BCUT2D eigenvalue weighted by molar-refractivity contribution is 0.0662. The molecule has 1 aromatic carbocycles. The average molecular weight is 390 g/mol. The maximum absolute atomic E-state index is 13.0. The molecule has 2 aromatic rings. The molecule has 0 aliphatic carbocycles. The van der Waals surface area contributed by atoms with E-state index in [1.54, 1.807) is 28.0 Å². The summed E-state index contributed by atoms with van der Waals surface area (Å²) in [4.78, 5) is 30.8. The summed E-state index contributed by atoms with van der Waals surface area (Å²) in [5.41, 5.74) is 0.750. The van der Waals surface area contributed by atoms with Crippen molar-refractivity contribution in [3.63, 3.8) is 0 Å². The van der Waals surface area contributed by atoms with Crippen LogP contribution < -0.4 is 5.32 Å². The van der Waals surface area contributed by atoms with E-state index in [0.717, 1.165) is 16.2 Å². The topological polar surface area (TPSA) is 52.7 Å². The molecule has 138 valence electrons. The number of nitrogens with zero attached hydrogens (tertiary/aromatic N) is 2. The lowest BCUT2D eigenvalue weighted by Crippen LogP contribution is -2.53. The number of hydrogen-bond acceptors (Lipinski definition) is 4. The van der Waals surface area contributed by atoms with Crippen LogP contribution in [0, 0.1) is 0 Å². The zero-order valence-corrected chi connectivity index (χ0v) is 16.4. The van der Waals surface area contributed by atoms with Crippen molar-refractivity contribution in [3.8, 4) is 0 Å². The molecule has 1 saturated heterocycles. The predicted octanol–water partition coefficient (Wildman–Crippen LogP) is 3.53. The molecule has 2 heterocycles. The van der Waals surface area contributed by atoms with Crippen molar-refractivity contribution in [2.45, 2.75) is 17.6 Å². The molecule has 26 heavy (non-hydrogen) atoms. The minimum Gasteiger partial charge on any atom is -0.338 e. The van der Waals surface area contributed by atoms with Crippen LogP contribution in [-0.2, 0) is 5.75 Å². The zero-order chi connectivity index (χ0) is 18.4. The third kappa shape index (κ3) is 4.59. The second-order valence-corrected chi connectivity index (χ2v) is 8.03. The van der Waals surface area contributed by atoms with E-state index >= 15 is 0 Å². The van der Waals surface area contributed by atoms with Crippen LogP contribution in [0.1, 0.15) is 22.2 Å². The van der Waals surface area contributed by atoms with Crippen LogP contribution in [0.3, 0.4) is 0 Å². The van der Waals surface area contributed by atoms with Crippen LogP contribution in [0.15, 0.2) is 46.7 Å². The van der Waals surface area contributed by atoms with Crippen LogP contribution in [0.5, 0.6) is 0 Å². The normalized spacial score (nSPS) is 14.3. The lowest BCUT2D eigenvalue weighted by Gasteiger charge is -2.35. The fourth-order valence-corrected chi connectivity index (χ4v) is 4.68. The Balaban J connectivity index is 1.62. The Bertz CT molecular complexity index is 741. The summed E-state index contributed by atoms with van der Waals surface area (Å²) >= 11 is 3.43. The number of carbonyl (C=O) groups excluding carboxylic acids is 2. The number of rotatable bonds is 5. The van der Waals surface area contributed by atoms with Crippen LogP contribution >= 0.6 is 23.1 Å². The summed E-state index contributed by atoms with van der Waals surface area (Å²) in [7, 11) is 0. The Labute approximate surface area is 162 Å². The average Bonchev–Trinajstić information content (AvgIpc) is 3.20. The number of nitrogens with one attached hydrogen (secondary N) is 1. The molecule has 3 rings (SSSR count). The SMILES string of the molecule is CCNC(=O)N1CCN(C(=O)c2ccccc2SCc2cccs2)CC1. The number of benzene rings is 1. The van der Waals surface area contributed by atoms with E-state index in [4.69, 9.17) is 0 Å². The molecule has 0 unspecified atom stereocenters. The van der Waals surface area contributed by atoms with Crippen molar-refractivity contribution < 1.29 is 9.59 Å². The van der Waals surface area contributed by atoms with Crippen molar-refractivity contribution in [1.82, 2.24) is 15.1 Å². The second kappa shape index (κ2) is 9.09.